The third-order valence-corrected chi connectivity index (χ3v) is 5.69. The number of aryl methyl sites for hydroxylation is 2. The highest BCUT2D eigenvalue weighted by molar-refractivity contribution is 5.94. The van der Waals surface area contributed by atoms with Crippen LogP contribution >= 0.6 is 0 Å². The van der Waals surface area contributed by atoms with E-state index in [9.17, 15) is 14.9 Å². The van der Waals surface area contributed by atoms with Crippen molar-refractivity contribution in [2.45, 2.75) is 39.8 Å². The molecule has 9 nitrogen and oxygen atoms in total. The van der Waals surface area contributed by atoms with E-state index >= 15 is 0 Å². The number of fused-ring (bicyclic) bond motifs is 1. The Kier molecular flexibility index (Phi) is 6.94. The zero-order chi connectivity index (χ0) is 26.7. The highest BCUT2D eigenvalue weighted by Crippen LogP contribution is 2.30. The van der Waals surface area contributed by atoms with Gasteiger partial charge in [-0.3, -0.25) is 9.48 Å². The van der Waals surface area contributed by atoms with Crippen molar-refractivity contribution >= 4 is 28.5 Å². The fraction of sp³-hybridized carbons (Fsp3) is 0.250. The van der Waals surface area contributed by atoms with Crippen molar-refractivity contribution in [3.63, 3.8) is 0 Å². The number of allylic oxidation sites excluding steroid dienone is 1. The van der Waals surface area contributed by atoms with Crippen molar-refractivity contribution in [3.8, 4) is 17.2 Å². The molecule has 1 amide bonds. The molecular weight excluding hydrogens is 468 g/mol. The van der Waals surface area contributed by atoms with Crippen LogP contribution in [0.1, 0.15) is 43.3 Å². The molecule has 2 N–H and O–H groups in total. The van der Waals surface area contributed by atoms with Crippen LogP contribution in [-0.4, -0.2) is 31.7 Å². The van der Waals surface area contributed by atoms with Crippen LogP contribution < -0.4 is 10.9 Å². The highest BCUT2D eigenvalue weighted by atomic mass is 16.6. The summed E-state index contributed by atoms with van der Waals surface area (Å²) in [6, 6.07) is 15.4. The summed E-state index contributed by atoms with van der Waals surface area (Å²) >= 11 is 0. The molecule has 2 heterocycles. The van der Waals surface area contributed by atoms with Crippen molar-refractivity contribution in [2.75, 3.05) is 0 Å². The molecule has 0 saturated carbocycles. The summed E-state index contributed by atoms with van der Waals surface area (Å²) < 4.78 is 7.01. The average molecular weight is 497 g/mol. The molecule has 9 heteroatoms. The Morgan fingerprint density at radius 2 is 2.00 bits per heavy atom. The number of aromatic nitrogens is 4. The van der Waals surface area contributed by atoms with Crippen molar-refractivity contribution in [1.29, 1.82) is 5.26 Å². The molecule has 0 radical (unpaired) electrons. The van der Waals surface area contributed by atoms with Gasteiger partial charge >= 0.3 is 6.09 Å². The normalized spacial score (nSPS) is 11.8. The van der Waals surface area contributed by atoms with Gasteiger partial charge in [0.15, 0.2) is 0 Å². The van der Waals surface area contributed by atoms with Crippen molar-refractivity contribution in [2.24, 2.45) is 7.05 Å². The number of hydrogen-bond acceptors (Lipinski definition) is 6. The summed E-state index contributed by atoms with van der Waals surface area (Å²) in [6.45, 7) is 7.39. The number of carbonyl (C=O) groups excluding carboxylic acids is 1. The Balaban J connectivity index is 1.75. The molecular formula is C28H28N6O3. The first kappa shape index (κ1) is 25.4. The lowest BCUT2D eigenvalue weighted by molar-refractivity contribution is 0.0523. The average Bonchev–Trinajstić information content (AvgIpc) is 3.20. The number of amides is 1. The van der Waals surface area contributed by atoms with Crippen LogP contribution in [0.4, 0.5) is 4.79 Å². The van der Waals surface area contributed by atoms with Gasteiger partial charge in [0.05, 0.1) is 41.2 Å². The second-order valence-corrected chi connectivity index (χ2v) is 9.72. The number of hydrogen-bond donors (Lipinski definition) is 2. The number of rotatable bonds is 5. The Morgan fingerprint density at radius 1 is 1.22 bits per heavy atom. The quantitative estimate of drug-likeness (QED) is 0.385. The number of ether oxygens (including phenoxy) is 1. The third kappa shape index (κ3) is 5.76. The lowest BCUT2D eigenvalue weighted by Gasteiger charge is -2.19. The van der Waals surface area contributed by atoms with Gasteiger partial charge in [0, 0.05) is 18.0 Å². The summed E-state index contributed by atoms with van der Waals surface area (Å²) in [5, 5.41) is 24.7. The fourth-order valence-corrected chi connectivity index (χ4v) is 3.96. The van der Waals surface area contributed by atoms with Gasteiger partial charge in [0.25, 0.3) is 5.56 Å². The molecule has 0 aliphatic heterocycles. The topological polar surface area (TPSA) is 126 Å². The molecule has 4 rings (SSSR count). The first-order chi connectivity index (χ1) is 17.6. The largest absolute Gasteiger partial charge is 0.444 e. The van der Waals surface area contributed by atoms with E-state index in [1.54, 1.807) is 37.7 Å². The van der Waals surface area contributed by atoms with E-state index in [1.807, 2.05) is 56.4 Å². The fourth-order valence-electron chi connectivity index (χ4n) is 3.96. The summed E-state index contributed by atoms with van der Waals surface area (Å²) in [6.07, 6.45) is 2.95. The number of benzene rings is 2. The molecule has 0 aliphatic carbocycles. The summed E-state index contributed by atoms with van der Waals surface area (Å²) in [5.74, 6) is 0. The van der Waals surface area contributed by atoms with Crippen LogP contribution in [0, 0.1) is 18.3 Å². The molecule has 0 spiro atoms. The van der Waals surface area contributed by atoms with Crippen molar-refractivity contribution in [3.05, 3.63) is 81.5 Å². The van der Waals surface area contributed by atoms with Gasteiger partial charge in [0.1, 0.15) is 5.60 Å². The lowest BCUT2D eigenvalue weighted by atomic mass is 9.99. The molecule has 0 fully saturated rings. The number of alkyl carbamates (subject to hydrolysis) is 1. The van der Waals surface area contributed by atoms with Gasteiger partial charge in [-0.25, -0.2) is 9.89 Å². The van der Waals surface area contributed by atoms with E-state index in [2.05, 4.69) is 26.7 Å². The molecule has 0 aliphatic rings. The maximum atomic E-state index is 12.5. The Hall–Kier alpha value is -4.71. The van der Waals surface area contributed by atoms with E-state index < -0.39 is 11.7 Å². The number of carbonyl (C=O) groups is 1. The number of nitrogens with one attached hydrogen (secondary N) is 2. The Morgan fingerprint density at radius 3 is 2.70 bits per heavy atom. The van der Waals surface area contributed by atoms with Crippen LogP contribution in [0.15, 0.2) is 53.5 Å². The standard InChI is InChI=1S/C28H28N6O3/c1-17-7-6-8-18(11-17)20(14-29)13-25-23(15-31-34(25)5)19-9-10-21-22(12-19)24(32-33-26(21)35)16-30-27(36)37-28(2,3)4/h6-13,15H,16H2,1-5H3,(H,30,36)(H,33,35)/b20-13+. The van der Waals surface area contributed by atoms with Gasteiger partial charge in [-0.2, -0.15) is 15.5 Å². The van der Waals surface area contributed by atoms with E-state index in [0.717, 1.165) is 27.9 Å². The Labute approximate surface area is 214 Å². The molecule has 0 bridgehead atoms. The molecule has 2 aromatic heterocycles. The number of nitriles is 1. The van der Waals surface area contributed by atoms with Crippen LogP contribution in [0.2, 0.25) is 0 Å². The van der Waals surface area contributed by atoms with Crippen LogP contribution in [0.5, 0.6) is 0 Å². The van der Waals surface area contributed by atoms with Crippen molar-refractivity contribution in [1.82, 2.24) is 25.3 Å². The van der Waals surface area contributed by atoms with E-state index in [1.165, 1.54) is 0 Å². The maximum absolute atomic E-state index is 12.5. The second-order valence-electron chi connectivity index (χ2n) is 9.72. The molecule has 0 saturated heterocycles. The molecule has 4 aromatic rings. The van der Waals surface area contributed by atoms with Crippen LogP contribution in [0.25, 0.3) is 33.5 Å². The smallest absolute Gasteiger partial charge is 0.407 e. The van der Waals surface area contributed by atoms with Crippen LogP contribution in [-0.2, 0) is 18.3 Å². The zero-order valence-corrected chi connectivity index (χ0v) is 21.4. The van der Waals surface area contributed by atoms with E-state index in [4.69, 9.17) is 4.74 Å². The predicted molar refractivity (Wildman–Crippen MR) is 142 cm³/mol. The van der Waals surface area contributed by atoms with E-state index in [0.29, 0.717) is 22.0 Å². The van der Waals surface area contributed by atoms with Crippen LogP contribution in [0.3, 0.4) is 0 Å². The highest BCUT2D eigenvalue weighted by Gasteiger charge is 2.18. The monoisotopic (exact) mass is 496 g/mol. The maximum Gasteiger partial charge on any atom is 0.407 e. The minimum atomic E-state index is -0.636. The lowest BCUT2D eigenvalue weighted by Crippen LogP contribution is -2.32. The molecule has 37 heavy (non-hydrogen) atoms. The zero-order valence-electron chi connectivity index (χ0n) is 21.4. The first-order valence-electron chi connectivity index (χ1n) is 11.7. The minimum absolute atomic E-state index is 0.0669. The number of aromatic amines is 1. The summed E-state index contributed by atoms with van der Waals surface area (Å²) in [7, 11) is 1.81. The molecule has 0 atom stereocenters. The molecule has 0 unspecified atom stereocenters. The van der Waals surface area contributed by atoms with Gasteiger partial charge in [-0.1, -0.05) is 35.9 Å². The van der Waals surface area contributed by atoms with Gasteiger partial charge in [-0.05, 0) is 57.0 Å². The van der Waals surface area contributed by atoms with Gasteiger partial charge in [0.2, 0.25) is 0 Å². The summed E-state index contributed by atoms with van der Waals surface area (Å²) in [4.78, 5) is 24.6. The minimum Gasteiger partial charge on any atom is -0.444 e. The number of nitrogens with zero attached hydrogens (tertiary/aromatic N) is 4. The third-order valence-electron chi connectivity index (χ3n) is 5.69. The Bertz CT molecular complexity index is 1620. The number of H-pyrrole nitrogens is 1. The van der Waals surface area contributed by atoms with Gasteiger partial charge < -0.3 is 10.1 Å². The van der Waals surface area contributed by atoms with Gasteiger partial charge in [-0.15, -0.1) is 0 Å². The molecule has 188 valence electrons. The molecule has 2 aromatic carbocycles. The second kappa shape index (κ2) is 10.1. The van der Waals surface area contributed by atoms with E-state index in [-0.39, 0.29) is 12.1 Å². The first-order valence-corrected chi connectivity index (χ1v) is 11.7. The van der Waals surface area contributed by atoms with Crippen molar-refractivity contribution < 1.29 is 9.53 Å². The predicted octanol–water partition coefficient (Wildman–Crippen LogP) is 4.72. The summed E-state index contributed by atoms with van der Waals surface area (Å²) in [5.41, 5.74) is 4.22. The SMILES string of the molecule is Cc1cccc(/C(C#N)=C/c2c(-c3ccc4c(=O)[nH]nc(CNC(=O)OC(C)(C)C)c4c3)cnn2C)c1.